The molecule has 0 spiro atoms. The van der Waals surface area contributed by atoms with Crippen molar-refractivity contribution >= 4 is 74.3 Å². The predicted octanol–water partition coefficient (Wildman–Crippen LogP) is -5.24. The van der Waals surface area contributed by atoms with Gasteiger partial charge in [-0.25, -0.2) is 4.57 Å². The summed E-state index contributed by atoms with van der Waals surface area (Å²) in [7, 11) is -9.19. The van der Waals surface area contributed by atoms with Crippen LogP contribution in [-0.2, 0) is 22.6 Å². The van der Waals surface area contributed by atoms with Crippen LogP contribution in [0.5, 0.6) is 0 Å². The molecule has 0 saturated carbocycles. The molecule has 1 aromatic rings. The van der Waals surface area contributed by atoms with E-state index in [1.807, 2.05) is 0 Å². The van der Waals surface area contributed by atoms with Crippen molar-refractivity contribution in [2.75, 3.05) is 0 Å². The number of halogens is 1. The second-order valence-corrected chi connectivity index (χ2v) is 7.93. The molecule has 0 aliphatic heterocycles. The number of pyridine rings is 1. The van der Waals surface area contributed by atoms with Gasteiger partial charge in [-0.05, 0) is 6.07 Å². The van der Waals surface area contributed by atoms with Gasteiger partial charge in [0.1, 0.15) is 7.05 Å². The van der Waals surface area contributed by atoms with E-state index in [-0.39, 0.29) is 88.7 Å². The van der Waals surface area contributed by atoms with Gasteiger partial charge in [-0.2, -0.15) is 0 Å². The van der Waals surface area contributed by atoms with Crippen LogP contribution < -0.4 is 28.5 Å². The Hall–Kier alpha value is 2.14. The average molecular weight is 473 g/mol. The molecule has 0 atom stereocenters. The van der Waals surface area contributed by atoms with Crippen LogP contribution in [-0.4, -0.2) is 88.9 Å². The molecule has 0 fully saturated rings. The number of rotatable bonds is 4. The van der Waals surface area contributed by atoms with Gasteiger partial charge in [-0.3, -0.25) is 9.13 Å². The molecule has 0 unspecified atom stereocenters. The molecule has 21 heavy (non-hydrogen) atoms. The summed E-state index contributed by atoms with van der Waals surface area (Å²) in [4.78, 5) is 35.9. The first-order chi connectivity index (χ1) is 7.97. The fourth-order valence-electron chi connectivity index (χ4n) is 1.40. The van der Waals surface area contributed by atoms with Gasteiger partial charge in [0.2, 0.25) is 0 Å². The van der Waals surface area contributed by atoms with Gasteiger partial charge in [0.25, 0.3) is 5.08 Å². The first kappa shape index (κ1) is 28.0. The van der Waals surface area contributed by atoms with Gasteiger partial charge < -0.3 is 48.7 Å². The van der Waals surface area contributed by atoms with E-state index in [0.717, 1.165) is 0 Å². The first-order valence-corrected chi connectivity index (χ1v) is 7.98. The fraction of sp³-hybridized carbons (Fsp3) is 0.375. The molecule has 0 aliphatic rings. The zero-order valence-electron chi connectivity index (χ0n) is 9.79. The summed E-state index contributed by atoms with van der Waals surface area (Å²) >= 11 is 0. The van der Waals surface area contributed by atoms with E-state index in [4.69, 9.17) is 19.6 Å². The van der Waals surface area contributed by atoms with Crippen LogP contribution in [0.15, 0.2) is 24.5 Å². The van der Waals surface area contributed by atoms with Crippen molar-refractivity contribution < 1.29 is 62.4 Å². The molecular formula is C8H16INNa2O7P2. The SMILES string of the molecule is C[n+]1cccc(CC(O)(P(=O)(O)O)P(=O)(O)O)c1.[I-].[NaH].[NaH]. The third-order valence-electron chi connectivity index (χ3n) is 2.38. The zero-order chi connectivity index (χ0) is 14.2. The second kappa shape index (κ2) is 10.2. The summed E-state index contributed by atoms with van der Waals surface area (Å²) in [6.07, 6.45) is 2.17. The summed E-state index contributed by atoms with van der Waals surface area (Å²) in [5, 5.41) is 6.28. The van der Waals surface area contributed by atoms with Gasteiger partial charge in [-0.1, -0.05) is 0 Å². The number of nitrogens with zero attached hydrogens (tertiary/aromatic N) is 1. The molecule has 0 bridgehead atoms. The Kier molecular flexibility index (Phi) is 13.6. The molecular weight excluding hydrogens is 457 g/mol. The predicted molar refractivity (Wildman–Crippen MR) is 74.7 cm³/mol. The van der Waals surface area contributed by atoms with E-state index in [1.54, 1.807) is 13.2 Å². The van der Waals surface area contributed by atoms with Gasteiger partial charge in [-0.15, -0.1) is 0 Å². The Labute approximate surface area is 183 Å². The molecule has 1 heterocycles. The normalized spacial score (nSPS) is 11.7. The van der Waals surface area contributed by atoms with E-state index >= 15 is 0 Å². The van der Waals surface area contributed by atoms with Crippen LogP contribution in [0.25, 0.3) is 0 Å². The van der Waals surface area contributed by atoms with E-state index in [2.05, 4.69) is 0 Å². The Morgan fingerprint density at radius 1 is 1.14 bits per heavy atom. The van der Waals surface area contributed by atoms with E-state index in [1.165, 1.54) is 22.9 Å². The fourth-order valence-corrected chi connectivity index (χ4v) is 3.54. The molecule has 0 radical (unpaired) electrons. The molecule has 114 valence electrons. The van der Waals surface area contributed by atoms with Crippen LogP contribution in [0.4, 0.5) is 0 Å². The molecule has 5 N–H and O–H groups in total. The van der Waals surface area contributed by atoms with Gasteiger partial charge in [0, 0.05) is 18.1 Å². The van der Waals surface area contributed by atoms with E-state index < -0.39 is 26.7 Å². The minimum atomic E-state index is -5.41. The summed E-state index contributed by atoms with van der Waals surface area (Å²) in [5.74, 6) is 0. The monoisotopic (exact) mass is 473 g/mol. The summed E-state index contributed by atoms with van der Waals surface area (Å²) in [6.45, 7) is 0. The van der Waals surface area contributed by atoms with Crippen molar-refractivity contribution in [3.8, 4) is 0 Å². The Balaban J connectivity index is -0.00000108. The Bertz CT molecular complexity index is 527. The van der Waals surface area contributed by atoms with Gasteiger partial charge >= 0.3 is 74.3 Å². The van der Waals surface area contributed by atoms with Crippen molar-refractivity contribution in [3.05, 3.63) is 30.1 Å². The van der Waals surface area contributed by atoms with Crippen molar-refractivity contribution in [1.29, 1.82) is 0 Å². The molecule has 0 saturated heterocycles. The molecule has 13 heteroatoms. The molecule has 0 aromatic carbocycles. The van der Waals surface area contributed by atoms with Gasteiger partial charge in [0.15, 0.2) is 12.4 Å². The number of hydrogen-bond acceptors (Lipinski definition) is 3. The number of aryl methyl sites for hydroxylation is 1. The molecule has 0 aliphatic carbocycles. The standard InChI is InChI=1S/C8H13NO7P2.HI.2Na.2H/c1-9-4-2-3-7(6-9)5-8(10,17(11,12)13)18(14,15)16;;;;;/h2-4,6,10H,5H2,1H3,(H3-,11,12,13,14,15,16);1H;;;;. The van der Waals surface area contributed by atoms with Crippen LogP contribution in [0, 0.1) is 0 Å². The zero-order valence-corrected chi connectivity index (χ0v) is 13.7. The number of hydrogen-bond donors (Lipinski definition) is 5. The summed E-state index contributed by atoms with van der Waals surface area (Å²) in [6, 6.07) is 2.92. The maximum absolute atomic E-state index is 11.1. The van der Waals surface area contributed by atoms with Crippen LogP contribution >= 0.6 is 15.2 Å². The second-order valence-electron chi connectivity index (χ2n) is 3.92. The van der Waals surface area contributed by atoms with Crippen LogP contribution in [0.1, 0.15) is 5.56 Å². The number of aliphatic hydroxyl groups is 1. The third kappa shape index (κ3) is 7.27. The minimum absolute atomic E-state index is 0. The maximum atomic E-state index is 11.1. The molecule has 1 rings (SSSR count). The van der Waals surface area contributed by atoms with Crippen molar-refractivity contribution in [3.63, 3.8) is 0 Å². The summed E-state index contributed by atoms with van der Waals surface area (Å²) in [5.41, 5.74) is 0.189. The number of aromatic nitrogens is 1. The summed E-state index contributed by atoms with van der Waals surface area (Å²) < 4.78 is 23.8. The van der Waals surface area contributed by atoms with Crippen LogP contribution in [0.2, 0.25) is 0 Å². The molecule has 0 amide bonds. The molecule has 1 aromatic heterocycles. The Morgan fingerprint density at radius 2 is 1.57 bits per heavy atom. The van der Waals surface area contributed by atoms with Crippen molar-refractivity contribution in [2.45, 2.75) is 11.5 Å². The van der Waals surface area contributed by atoms with Gasteiger partial charge in [0.05, 0.1) is 0 Å². The van der Waals surface area contributed by atoms with E-state index in [0.29, 0.717) is 0 Å². The quantitative estimate of drug-likeness (QED) is 0.128. The average Bonchev–Trinajstić information content (AvgIpc) is 2.13. The van der Waals surface area contributed by atoms with E-state index in [9.17, 15) is 14.2 Å². The third-order valence-corrected chi connectivity index (χ3v) is 6.12. The van der Waals surface area contributed by atoms with Crippen LogP contribution in [0.3, 0.4) is 0 Å². The molecule has 8 nitrogen and oxygen atoms in total. The van der Waals surface area contributed by atoms with Crippen molar-refractivity contribution in [1.82, 2.24) is 0 Å². The van der Waals surface area contributed by atoms with Crippen molar-refractivity contribution in [2.24, 2.45) is 7.05 Å². The Morgan fingerprint density at radius 3 is 1.90 bits per heavy atom. The first-order valence-electron chi connectivity index (χ1n) is 4.75. The topological polar surface area (TPSA) is 139 Å².